The van der Waals surface area contributed by atoms with Gasteiger partial charge in [-0.15, -0.1) is 21.5 Å². The van der Waals surface area contributed by atoms with Crippen LogP contribution in [0.25, 0.3) is 0 Å². The van der Waals surface area contributed by atoms with Crippen molar-refractivity contribution in [3.8, 4) is 0 Å². The van der Waals surface area contributed by atoms with E-state index in [4.69, 9.17) is 23.2 Å². The molecule has 0 saturated carbocycles. The van der Waals surface area contributed by atoms with Crippen molar-refractivity contribution in [3.63, 3.8) is 0 Å². The second-order valence-corrected chi connectivity index (χ2v) is 9.99. The van der Waals surface area contributed by atoms with Gasteiger partial charge in [0.1, 0.15) is 5.82 Å². The Bertz CT molecular complexity index is 1110. The maximum absolute atomic E-state index is 12.5. The number of halogens is 2. The van der Waals surface area contributed by atoms with Gasteiger partial charge in [0.2, 0.25) is 11.8 Å². The van der Waals surface area contributed by atoms with Crippen LogP contribution in [0.4, 0.5) is 10.8 Å². The minimum absolute atomic E-state index is 0.00878. The molecular formula is C19H20Cl2N6O2S2. The number of carbonyl (C=O) groups is 2. The number of amides is 2. The molecule has 164 valence electrons. The smallest absolute Gasteiger partial charge is 0.239 e. The number of nitrogens with zero attached hydrogens (tertiary/aromatic N) is 4. The fourth-order valence-electron chi connectivity index (χ4n) is 2.48. The van der Waals surface area contributed by atoms with Crippen molar-refractivity contribution in [1.29, 1.82) is 0 Å². The summed E-state index contributed by atoms with van der Waals surface area (Å²) in [6, 6.07) is 5.00. The maximum Gasteiger partial charge on any atom is 0.239 e. The second-order valence-electron chi connectivity index (χ2n) is 6.69. The zero-order valence-electron chi connectivity index (χ0n) is 17.2. The van der Waals surface area contributed by atoms with Gasteiger partial charge in [0, 0.05) is 11.9 Å². The lowest BCUT2D eigenvalue weighted by atomic mass is 10.3. The summed E-state index contributed by atoms with van der Waals surface area (Å²) in [5, 5.41) is 15.0. The largest absolute Gasteiger partial charge is 0.324 e. The molecule has 0 aliphatic carbocycles. The van der Waals surface area contributed by atoms with Crippen molar-refractivity contribution in [3.05, 3.63) is 44.6 Å². The molecule has 2 N–H and O–H groups in total. The van der Waals surface area contributed by atoms with E-state index >= 15 is 0 Å². The van der Waals surface area contributed by atoms with Crippen LogP contribution >= 0.6 is 46.3 Å². The molecule has 2 aromatic heterocycles. The minimum Gasteiger partial charge on any atom is -0.324 e. The van der Waals surface area contributed by atoms with E-state index in [0.29, 0.717) is 26.8 Å². The number of thioether (sulfide) groups is 1. The van der Waals surface area contributed by atoms with Gasteiger partial charge in [0.05, 0.1) is 33.1 Å². The Kier molecular flexibility index (Phi) is 7.58. The number of nitrogens with one attached hydrogen (secondary N) is 2. The van der Waals surface area contributed by atoms with Gasteiger partial charge < -0.3 is 15.2 Å². The highest BCUT2D eigenvalue weighted by Crippen LogP contribution is 2.30. The van der Waals surface area contributed by atoms with E-state index < -0.39 is 5.25 Å². The number of hydrogen-bond acceptors (Lipinski definition) is 7. The molecule has 1 aromatic carbocycles. The highest BCUT2D eigenvalue weighted by Gasteiger charge is 2.21. The second kappa shape index (κ2) is 9.99. The lowest BCUT2D eigenvalue weighted by Crippen LogP contribution is -2.23. The molecule has 2 amide bonds. The van der Waals surface area contributed by atoms with Crippen LogP contribution in [0.15, 0.2) is 23.4 Å². The van der Waals surface area contributed by atoms with E-state index in [1.54, 1.807) is 36.7 Å². The molecule has 0 fully saturated rings. The van der Waals surface area contributed by atoms with Crippen LogP contribution in [0.5, 0.6) is 0 Å². The number of benzene rings is 1. The van der Waals surface area contributed by atoms with Crippen molar-refractivity contribution >= 4 is 68.9 Å². The van der Waals surface area contributed by atoms with Crippen LogP contribution in [0.2, 0.25) is 10.0 Å². The Hall–Kier alpha value is -2.14. The lowest BCUT2D eigenvalue weighted by Gasteiger charge is -2.10. The number of anilines is 2. The van der Waals surface area contributed by atoms with Crippen LogP contribution in [0.1, 0.15) is 23.3 Å². The number of aryl methyl sites for hydroxylation is 2. The van der Waals surface area contributed by atoms with Crippen LogP contribution in [-0.4, -0.2) is 36.8 Å². The van der Waals surface area contributed by atoms with E-state index in [0.717, 1.165) is 10.6 Å². The van der Waals surface area contributed by atoms with Crippen LogP contribution in [0.3, 0.4) is 0 Å². The molecule has 0 unspecified atom stereocenters. The molecular weight excluding hydrogens is 479 g/mol. The summed E-state index contributed by atoms with van der Waals surface area (Å²) in [6.45, 7) is 5.63. The first-order chi connectivity index (χ1) is 14.7. The number of rotatable bonds is 7. The van der Waals surface area contributed by atoms with Gasteiger partial charge in [-0.05, 0) is 32.9 Å². The first kappa shape index (κ1) is 23.5. The predicted octanol–water partition coefficient (Wildman–Crippen LogP) is 4.50. The Morgan fingerprint density at radius 2 is 1.97 bits per heavy atom. The van der Waals surface area contributed by atoms with Crippen molar-refractivity contribution in [2.75, 3.05) is 10.6 Å². The van der Waals surface area contributed by atoms with E-state index in [-0.39, 0.29) is 23.3 Å². The third kappa shape index (κ3) is 5.76. The van der Waals surface area contributed by atoms with Gasteiger partial charge in [-0.1, -0.05) is 41.0 Å². The summed E-state index contributed by atoms with van der Waals surface area (Å²) in [4.78, 5) is 30.3. The minimum atomic E-state index is -0.431. The van der Waals surface area contributed by atoms with Gasteiger partial charge in [0.15, 0.2) is 10.3 Å². The molecule has 0 aliphatic rings. The van der Waals surface area contributed by atoms with Gasteiger partial charge in [-0.25, -0.2) is 4.98 Å². The van der Waals surface area contributed by atoms with E-state index in [1.807, 2.05) is 13.8 Å². The molecule has 31 heavy (non-hydrogen) atoms. The SMILES string of the molecule is Cc1nc(NC(=O)[C@@H](C)Sc2nnc(CC(=O)Nc3cccc(Cl)c3Cl)n2C)sc1C. The molecule has 0 aliphatic heterocycles. The van der Waals surface area contributed by atoms with E-state index in [1.165, 1.54) is 23.1 Å². The van der Waals surface area contributed by atoms with Crippen LogP contribution < -0.4 is 10.6 Å². The van der Waals surface area contributed by atoms with Gasteiger partial charge in [-0.2, -0.15) is 0 Å². The first-order valence-electron chi connectivity index (χ1n) is 9.19. The summed E-state index contributed by atoms with van der Waals surface area (Å²) in [7, 11) is 1.75. The van der Waals surface area contributed by atoms with Gasteiger partial charge in [0.25, 0.3) is 0 Å². The molecule has 8 nitrogen and oxygen atoms in total. The first-order valence-corrected chi connectivity index (χ1v) is 11.6. The Labute approximate surface area is 197 Å². The zero-order chi connectivity index (χ0) is 22.7. The van der Waals surface area contributed by atoms with Crippen molar-refractivity contribution in [2.24, 2.45) is 7.05 Å². The number of thiazole rings is 1. The third-order valence-corrected chi connectivity index (χ3v) is 7.32. The van der Waals surface area contributed by atoms with E-state index in [9.17, 15) is 9.59 Å². The monoisotopic (exact) mass is 498 g/mol. The van der Waals surface area contributed by atoms with E-state index in [2.05, 4.69) is 25.8 Å². The molecule has 3 aromatic rings. The molecule has 12 heteroatoms. The third-order valence-electron chi connectivity index (χ3n) is 4.38. The molecule has 0 spiro atoms. The van der Waals surface area contributed by atoms with Crippen molar-refractivity contribution < 1.29 is 9.59 Å². The molecule has 2 heterocycles. The van der Waals surface area contributed by atoms with Crippen molar-refractivity contribution in [2.45, 2.75) is 37.6 Å². The number of hydrogen-bond donors (Lipinski definition) is 2. The average Bonchev–Trinajstić information content (AvgIpc) is 3.20. The summed E-state index contributed by atoms with van der Waals surface area (Å²) in [5.41, 5.74) is 1.32. The Balaban J connectivity index is 1.60. The highest BCUT2D eigenvalue weighted by molar-refractivity contribution is 8.00. The highest BCUT2D eigenvalue weighted by atomic mass is 35.5. The molecule has 0 saturated heterocycles. The van der Waals surface area contributed by atoms with Crippen LogP contribution in [0, 0.1) is 13.8 Å². The average molecular weight is 499 g/mol. The fourth-order valence-corrected chi connectivity index (χ4v) is 4.48. The van der Waals surface area contributed by atoms with Gasteiger partial charge >= 0.3 is 0 Å². The number of carbonyl (C=O) groups excluding carboxylic acids is 2. The van der Waals surface area contributed by atoms with Crippen molar-refractivity contribution in [1.82, 2.24) is 19.7 Å². The molecule has 1 atom stereocenters. The topological polar surface area (TPSA) is 102 Å². The fraction of sp³-hybridized carbons (Fsp3) is 0.316. The quantitative estimate of drug-likeness (QED) is 0.465. The number of aromatic nitrogens is 4. The lowest BCUT2D eigenvalue weighted by molar-refractivity contribution is -0.116. The summed E-state index contributed by atoms with van der Waals surface area (Å²) >= 11 is 14.8. The molecule has 3 rings (SSSR count). The predicted molar refractivity (Wildman–Crippen MR) is 125 cm³/mol. The zero-order valence-corrected chi connectivity index (χ0v) is 20.3. The Morgan fingerprint density at radius 3 is 2.65 bits per heavy atom. The normalized spacial score (nSPS) is 11.9. The summed E-state index contributed by atoms with van der Waals surface area (Å²) in [6.07, 6.45) is -0.00878. The molecule has 0 radical (unpaired) electrons. The van der Waals surface area contributed by atoms with Crippen LogP contribution in [-0.2, 0) is 23.1 Å². The summed E-state index contributed by atoms with van der Waals surface area (Å²) < 4.78 is 1.69. The standard InChI is InChI=1S/C19H20Cl2N6O2S2/c1-9-10(2)30-18(22-9)24-17(29)11(3)31-19-26-25-14(27(19)4)8-15(28)23-13-7-5-6-12(20)16(13)21/h5-7,11H,8H2,1-4H3,(H,23,28)(H,22,24,29)/t11-/m1/s1. The summed E-state index contributed by atoms with van der Waals surface area (Å²) in [5.74, 6) is -0.0370. The molecule has 0 bridgehead atoms. The maximum atomic E-state index is 12.5. The van der Waals surface area contributed by atoms with Gasteiger partial charge in [-0.3, -0.25) is 9.59 Å². The Morgan fingerprint density at radius 1 is 1.23 bits per heavy atom.